The Hall–Kier alpha value is -2.82. The van der Waals surface area contributed by atoms with E-state index in [1.54, 1.807) is 31.2 Å². The van der Waals surface area contributed by atoms with Crippen LogP contribution in [0.2, 0.25) is 0 Å². The Labute approximate surface area is 153 Å². The van der Waals surface area contributed by atoms with Crippen LogP contribution in [0.4, 0.5) is 11.4 Å². The number of benzene rings is 2. The predicted molar refractivity (Wildman–Crippen MR) is 103 cm³/mol. The molecule has 1 unspecified atom stereocenters. The molecule has 0 radical (unpaired) electrons. The van der Waals surface area contributed by atoms with Crippen molar-refractivity contribution in [1.29, 1.82) is 0 Å². The Morgan fingerprint density at radius 1 is 0.962 bits per heavy atom. The third kappa shape index (κ3) is 4.63. The highest BCUT2D eigenvalue weighted by atomic mass is 16.5. The molecule has 0 aromatic heterocycles. The van der Waals surface area contributed by atoms with Crippen LogP contribution in [-0.4, -0.2) is 17.9 Å². The Morgan fingerprint density at radius 2 is 1.65 bits per heavy atom. The second-order valence-electron chi connectivity index (χ2n) is 6.65. The van der Waals surface area contributed by atoms with Gasteiger partial charge in [-0.25, -0.2) is 0 Å². The number of nitrogens with one attached hydrogen (secondary N) is 2. The van der Waals surface area contributed by atoms with Crippen molar-refractivity contribution >= 4 is 23.2 Å². The van der Waals surface area contributed by atoms with Gasteiger partial charge in [-0.3, -0.25) is 9.59 Å². The molecule has 5 nitrogen and oxygen atoms in total. The third-order valence-electron chi connectivity index (χ3n) is 4.45. The van der Waals surface area contributed by atoms with Crippen molar-refractivity contribution in [2.24, 2.45) is 0 Å². The lowest BCUT2D eigenvalue weighted by Gasteiger charge is -2.19. The second-order valence-corrected chi connectivity index (χ2v) is 6.65. The van der Waals surface area contributed by atoms with Crippen molar-refractivity contribution in [2.75, 3.05) is 10.6 Å². The summed E-state index contributed by atoms with van der Waals surface area (Å²) in [6.07, 6.45) is 4.01. The van der Waals surface area contributed by atoms with Gasteiger partial charge in [-0.05, 0) is 74.1 Å². The first-order valence-electron chi connectivity index (χ1n) is 8.98. The number of anilines is 2. The summed E-state index contributed by atoms with van der Waals surface area (Å²) in [5.41, 5.74) is 3.96. The van der Waals surface area contributed by atoms with E-state index in [0.29, 0.717) is 11.4 Å². The Bertz CT molecular complexity index is 817. The number of ether oxygens (including phenoxy) is 1. The molecule has 2 aromatic carbocycles. The molecule has 5 heteroatoms. The number of hydrogen-bond acceptors (Lipinski definition) is 3. The molecule has 1 aliphatic rings. The van der Waals surface area contributed by atoms with E-state index in [0.717, 1.165) is 18.6 Å². The van der Waals surface area contributed by atoms with Crippen LogP contribution in [0.15, 0.2) is 42.5 Å². The van der Waals surface area contributed by atoms with Gasteiger partial charge in [0.05, 0.1) is 0 Å². The molecule has 0 spiro atoms. The number of amides is 2. The van der Waals surface area contributed by atoms with Crippen LogP contribution in [0.1, 0.15) is 37.8 Å². The molecule has 0 saturated carbocycles. The van der Waals surface area contributed by atoms with E-state index in [9.17, 15) is 9.59 Å². The number of carbonyl (C=O) groups excluding carboxylic acids is 2. The van der Waals surface area contributed by atoms with E-state index >= 15 is 0 Å². The molecule has 0 heterocycles. The summed E-state index contributed by atoms with van der Waals surface area (Å²) < 4.78 is 5.83. The van der Waals surface area contributed by atoms with E-state index in [4.69, 9.17) is 4.74 Å². The molecule has 26 heavy (non-hydrogen) atoms. The van der Waals surface area contributed by atoms with Gasteiger partial charge in [0, 0.05) is 18.3 Å². The van der Waals surface area contributed by atoms with Gasteiger partial charge >= 0.3 is 0 Å². The Morgan fingerprint density at radius 3 is 2.38 bits per heavy atom. The topological polar surface area (TPSA) is 67.4 Å². The average Bonchev–Trinajstić information content (AvgIpc) is 2.61. The molecule has 0 aliphatic heterocycles. The number of hydrogen-bond donors (Lipinski definition) is 2. The van der Waals surface area contributed by atoms with Gasteiger partial charge in [0.25, 0.3) is 5.91 Å². The first-order valence-corrected chi connectivity index (χ1v) is 8.98. The second kappa shape index (κ2) is 8.04. The van der Waals surface area contributed by atoms with Gasteiger partial charge in [-0.1, -0.05) is 12.1 Å². The highest BCUT2D eigenvalue weighted by Crippen LogP contribution is 2.26. The molecule has 3 rings (SSSR count). The van der Waals surface area contributed by atoms with Crippen LogP contribution in [0, 0.1) is 0 Å². The van der Waals surface area contributed by atoms with Crippen molar-refractivity contribution in [1.82, 2.24) is 0 Å². The van der Waals surface area contributed by atoms with Crippen LogP contribution < -0.4 is 15.4 Å². The maximum Gasteiger partial charge on any atom is 0.265 e. The first-order chi connectivity index (χ1) is 12.5. The quantitative estimate of drug-likeness (QED) is 0.857. The van der Waals surface area contributed by atoms with E-state index in [1.165, 1.54) is 30.9 Å². The highest BCUT2D eigenvalue weighted by molar-refractivity contribution is 5.95. The molecule has 2 N–H and O–H groups in total. The van der Waals surface area contributed by atoms with Gasteiger partial charge < -0.3 is 15.4 Å². The van der Waals surface area contributed by atoms with Gasteiger partial charge in [0.15, 0.2) is 6.10 Å². The van der Waals surface area contributed by atoms with Crippen molar-refractivity contribution in [3.63, 3.8) is 0 Å². The Kier molecular flexibility index (Phi) is 5.56. The van der Waals surface area contributed by atoms with Crippen molar-refractivity contribution in [2.45, 2.75) is 45.6 Å². The van der Waals surface area contributed by atoms with Gasteiger partial charge in [0.2, 0.25) is 5.91 Å². The molecule has 1 atom stereocenters. The zero-order valence-electron chi connectivity index (χ0n) is 15.2. The monoisotopic (exact) mass is 352 g/mol. The maximum absolute atomic E-state index is 12.4. The summed E-state index contributed by atoms with van der Waals surface area (Å²) in [5.74, 6) is 0.334. The molecule has 2 aromatic rings. The Balaban J connectivity index is 1.62. The number of rotatable bonds is 5. The number of carbonyl (C=O) groups is 2. The SMILES string of the molecule is CC(=O)Nc1cccc(NC(=O)C(C)Oc2ccc3c(c2)CCCC3)c1. The van der Waals surface area contributed by atoms with Crippen LogP contribution in [0.5, 0.6) is 5.75 Å². The normalized spacial score (nSPS) is 14.1. The first kappa shape index (κ1) is 18.0. The molecule has 2 amide bonds. The summed E-state index contributed by atoms with van der Waals surface area (Å²) >= 11 is 0. The molecule has 1 aliphatic carbocycles. The zero-order chi connectivity index (χ0) is 18.5. The van der Waals surface area contributed by atoms with Crippen LogP contribution in [0.25, 0.3) is 0 Å². The third-order valence-corrected chi connectivity index (χ3v) is 4.45. The van der Waals surface area contributed by atoms with Gasteiger partial charge in [-0.2, -0.15) is 0 Å². The largest absolute Gasteiger partial charge is 0.481 e. The molecular weight excluding hydrogens is 328 g/mol. The van der Waals surface area contributed by atoms with Gasteiger partial charge in [-0.15, -0.1) is 0 Å². The average molecular weight is 352 g/mol. The van der Waals surface area contributed by atoms with Crippen LogP contribution in [0.3, 0.4) is 0 Å². The predicted octanol–water partition coefficient (Wildman–Crippen LogP) is 3.93. The lowest BCUT2D eigenvalue weighted by molar-refractivity contribution is -0.122. The fraction of sp³-hybridized carbons (Fsp3) is 0.333. The summed E-state index contributed by atoms with van der Waals surface area (Å²) in [5, 5.41) is 5.52. The van der Waals surface area contributed by atoms with Gasteiger partial charge in [0.1, 0.15) is 5.75 Å². The van der Waals surface area contributed by atoms with Crippen molar-refractivity contribution in [3.8, 4) is 5.75 Å². The molecular formula is C21H24N2O3. The van der Waals surface area contributed by atoms with Crippen LogP contribution in [-0.2, 0) is 22.4 Å². The van der Waals surface area contributed by atoms with Crippen molar-refractivity contribution < 1.29 is 14.3 Å². The summed E-state index contributed by atoms with van der Waals surface area (Å²) in [7, 11) is 0. The standard InChI is InChI=1S/C21H24N2O3/c1-14(26-20-11-10-16-6-3-4-7-17(16)12-20)21(25)23-19-9-5-8-18(13-19)22-15(2)24/h5,8-14H,3-4,6-7H2,1-2H3,(H,22,24)(H,23,25). The number of fused-ring (bicyclic) bond motifs is 1. The summed E-state index contributed by atoms with van der Waals surface area (Å²) in [6.45, 7) is 3.17. The lowest BCUT2D eigenvalue weighted by Crippen LogP contribution is -2.30. The van der Waals surface area contributed by atoms with Crippen molar-refractivity contribution in [3.05, 3.63) is 53.6 Å². The fourth-order valence-corrected chi connectivity index (χ4v) is 3.16. The fourth-order valence-electron chi connectivity index (χ4n) is 3.16. The van der Waals surface area contributed by atoms with Crippen LogP contribution >= 0.6 is 0 Å². The summed E-state index contributed by atoms with van der Waals surface area (Å²) in [6, 6.07) is 13.1. The lowest BCUT2D eigenvalue weighted by atomic mass is 9.92. The summed E-state index contributed by atoms with van der Waals surface area (Å²) in [4.78, 5) is 23.6. The molecule has 136 valence electrons. The highest BCUT2D eigenvalue weighted by Gasteiger charge is 2.17. The smallest absolute Gasteiger partial charge is 0.265 e. The van der Waals surface area contributed by atoms with E-state index in [1.807, 2.05) is 6.07 Å². The zero-order valence-corrected chi connectivity index (χ0v) is 15.2. The maximum atomic E-state index is 12.4. The molecule has 0 saturated heterocycles. The minimum atomic E-state index is -0.624. The minimum Gasteiger partial charge on any atom is -0.481 e. The molecule has 0 bridgehead atoms. The van der Waals surface area contributed by atoms with E-state index < -0.39 is 6.10 Å². The number of aryl methyl sites for hydroxylation is 2. The van der Waals surface area contributed by atoms with E-state index in [2.05, 4.69) is 22.8 Å². The molecule has 0 fully saturated rings. The minimum absolute atomic E-state index is 0.155. The van der Waals surface area contributed by atoms with E-state index in [-0.39, 0.29) is 11.8 Å².